The number of carbonyl (C=O) groups is 1. The van der Waals surface area contributed by atoms with Crippen molar-refractivity contribution in [3.05, 3.63) is 29.8 Å². The van der Waals surface area contributed by atoms with E-state index >= 15 is 0 Å². The van der Waals surface area contributed by atoms with Crippen LogP contribution in [0.15, 0.2) is 24.3 Å². The van der Waals surface area contributed by atoms with E-state index in [0.29, 0.717) is 12.2 Å². The van der Waals surface area contributed by atoms with Crippen molar-refractivity contribution in [2.24, 2.45) is 0 Å². The van der Waals surface area contributed by atoms with Crippen LogP contribution in [0.2, 0.25) is 0 Å². The highest BCUT2D eigenvalue weighted by Gasteiger charge is 2.27. The van der Waals surface area contributed by atoms with Crippen molar-refractivity contribution in [1.29, 1.82) is 0 Å². The fourth-order valence-electron chi connectivity index (χ4n) is 1.46. The fourth-order valence-corrected chi connectivity index (χ4v) is 1.46. The Kier molecular flexibility index (Phi) is 5.47. The largest absolute Gasteiger partial charge is 0.496 e. The molecule has 0 aliphatic carbocycles. The van der Waals surface area contributed by atoms with Gasteiger partial charge in [-0.25, -0.2) is 4.79 Å². The average Bonchev–Trinajstić information content (AvgIpc) is 2.36. The molecule has 0 aromatic heterocycles. The minimum Gasteiger partial charge on any atom is -0.496 e. The van der Waals surface area contributed by atoms with Crippen LogP contribution in [0.1, 0.15) is 5.56 Å². The van der Waals surface area contributed by atoms with E-state index in [1.54, 1.807) is 11.4 Å². The van der Waals surface area contributed by atoms with Gasteiger partial charge in [-0.05, 0) is 18.1 Å². The van der Waals surface area contributed by atoms with Crippen LogP contribution < -0.4 is 15.4 Å². The number of urea groups is 1. The van der Waals surface area contributed by atoms with Gasteiger partial charge in [0.1, 0.15) is 12.3 Å². The lowest BCUT2D eigenvalue weighted by Crippen LogP contribution is -2.41. The Morgan fingerprint density at radius 3 is 2.58 bits per heavy atom. The molecule has 0 saturated heterocycles. The lowest BCUT2D eigenvalue weighted by Gasteiger charge is -2.11. The summed E-state index contributed by atoms with van der Waals surface area (Å²) in [6, 6.07) is 6.40. The molecule has 0 heterocycles. The quantitative estimate of drug-likeness (QED) is 0.865. The number of methoxy groups -OCH3 is 1. The van der Waals surface area contributed by atoms with Gasteiger partial charge in [0.15, 0.2) is 0 Å². The molecule has 0 unspecified atom stereocenters. The van der Waals surface area contributed by atoms with E-state index in [9.17, 15) is 18.0 Å². The molecule has 0 spiro atoms. The van der Waals surface area contributed by atoms with Crippen molar-refractivity contribution in [3.8, 4) is 5.75 Å². The molecule has 0 atom stereocenters. The lowest BCUT2D eigenvalue weighted by molar-refractivity contribution is -0.122. The topological polar surface area (TPSA) is 50.4 Å². The average molecular weight is 276 g/mol. The lowest BCUT2D eigenvalue weighted by atomic mass is 10.1. The zero-order chi connectivity index (χ0) is 14.3. The summed E-state index contributed by atoms with van der Waals surface area (Å²) >= 11 is 0. The molecule has 0 fully saturated rings. The molecule has 0 radical (unpaired) electrons. The van der Waals surface area contributed by atoms with E-state index in [0.717, 1.165) is 5.56 Å². The molecule has 2 N–H and O–H groups in total. The summed E-state index contributed by atoms with van der Waals surface area (Å²) in [4.78, 5) is 11.1. The van der Waals surface area contributed by atoms with Gasteiger partial charge in [0.25, 0.3) is 0 Å². The molecule has 4 nitrogen and oxygen atoms in total. The van der Waals surface area contributed by atoms with E-state index in [1.165, 1.54) is 7.11 Å². The zero-order valence-corrected chi connectivity index (χ0v) is 10.4. The molecular weight excluding hydrogens is 261 g/mol. The van der Waals surface area contributed by atoms with Crippen molar-refractivity contribution >= 4 is 6.03 Å². The maximum Gasteiger partial charge on any atom is 0.405 e. The van der Waals surface area contributed by atoms with Crippen LogP contribution in [0.4, 0.5) is 18.0 Å². The van der Waals surface area contributed by atoms with E-state index in [2.05, 4.69) is 5.32 Å². The number of alkyl halides is 3. The van der Waals surface area contributed by atoms with E-state index in [1.807, 2.05) is 18.2 Å². The molecule has 1 aromatic carbocycles. The Morgan fingerprint density at radius 1 is 1.26 bits per heavy atom. The zero-order valence-electron chi connectivity index (χ0n) is 10.4. The molecule has 7 heteroatoms. The molecule has 0 bridgehead atoms. The van der Waals surface area contributed by atoms with Crippen LogP contribution in [-0.4, -0.2) is 32.4 Å². The Balaban J connectivity index is 2.32. The number of carbonyl (C=O) groups excluding carboxylic acids is 1. The van der Waals surface area contributed by atoms with Gasteiger partial charge >= 0.3 is 12.2 Å². The maximum atomic E-state index is 11.8. The molecule has 0 aliphatic heterocycles. The number of halogens is 3. The third-order valence-electron chi connectivity index (χ3n) is 2.32. The summed E-state index contributed by atoms with van der Waals surface area (Å²) in [5.41, 5.74) is 0.876. The summed E-state index contributed by atoms with van der Waals surface area (Å²) in [5, 5.41) is 4.08. The molecule has 106 valence electrons. The molecule has 1 aromatic rings. The molecule has 2 amide bonds. The van der Waals surface area contributed by atoms with Gasteiger partial charge in [0.05, 0.1) is 7.11 Å². The monoisotopic (exact) mass is 276 g/mol. The molecule has 1 rings (SSSR count). The second-order valence-corrected chi connectivity index (χ2v) is 3.79. The fraction of sp³-hybridized carbons (Fsp3) is 0.417. The summed E-state index contributed by atoms with van der Waals surface area (Å²) in [7, 11) is 1.53. The highest BCUT2D eigenvalue weighted by Crippen LogP contribution is 2.17. The predicted octanol–water partition coefficient (Wildman–Crippen LogP) is 2.10. The first-order valence-electron chi connectivity index (χ1n) is 5.63. The maximum absolute atomic E-state index is 11.8. The Labute approximate surface area is 108 Å². The van der Waals surface area contributed by atoms with Crippen molar-refractivity contribution in [1.82, 2.24) is 10.6 Å². The van der Waals surface area contributed by atoms with Gasteiger partial charge in [-0.1, -0.05) is 18.2 Å². The van der Waals surface area contributed by atoms with Crippen LogP contribution in [0.5, 0.6) is 5.75 Å². The number of hydrogen-bond acceptors (Lipinski definition) is 2. The van der Waals surface area contributed by atoms with Crippen LogP contribution in [0, 0.1) is 0 Å². The SMILES string of the molecule is COc1ccccc1CCNC(=O)NCC(F)(F)F. The van der Waals surface area contributed by atoms with Crippen LogP contribution in [0.25, 0.3) is 0 Å². The number of ether oxygens (including phenoxy) is 1. The summed E-state index contributed by atoms with van der Waals surface area (Å²) < 4.78 is 40.6. The van der Waals surface area contributed by atoms with E-state index in [-0.39, 0.29) is 6.54 Å². The smallest absolute Gasteiger partial charge is 0.405 e. The van der Waals surface area contributed by atoms with Gasteiger partial charge in [-0.2, -0.15) is 13.2 Å². The highest BCUT2D eigenvalue weighted by molar-refractivity contribution is 5.73. The number of nitrogens with one attached hydrogen (secondary N) is 2. The first kappa shape index (κ1) is 15.1. The Morgan fingerprint density at radius 2 is 1.95 bits per heavy atom. The first-order chi connectivity index (χ1) is 8.92. The second kappa shape index (κ2) is 6.86. The Hall–Kier alpha value is -1.92. The van der Waals surface area contributed by atoms with Gasteiger partial charge in [0.2, 0.25) is 0 Å². The number of hydrogen-bond donors (Lipinski definition) is 2. The minimum absolute atomic E-state index is 0.226. The Bertz CT molecular complexity index is 422. The molecular formula is C12H15F3N2O2. The molecule has 19 heavy (non-hydrogen) atoms. The van der Waals surface area contributed by atoms with Crippen LogP contribution in [0.3, 0.4) is 0 Å². The summed E-state index contributed by atoms with van der Waals surface area (Å²) in [5.74, 6) is 0.681. The van der Waals surface area contributed by atoms with Crippen molar-refractivity contribution in [2.45, 2.75) is 12.6 Å². The van der Waals surface area contributed by atoms with Gasteiger partial charge in [-0.15, -0.1) is 0 Å². The summed E-state index contributed by atoms with van der Waals surface area (Å²) in [6.07, 6.45) is -3.93. The van der Waals surface area contributed by atoms with Gasteiger partial charge < -0.3 is 15.4 Å². The van der Waals surface area contributed by atoms with Crippen molar-refractivity contribution < 1.29 is 22.7 Å². The third-order valence-corrected chi connectivity index (χ3v) is 2.32. The molecule has 0 saturated carbocycles. The van der Waals surface area contributed by atoms with Crippen LogP contribution >= 0.6 is 0 Å². The summed E-state index contributed by atoms with van der Waals surface area (Å²) in [6.45, 7) is -1.11. The van der Waals surface area contributed by atoms with E-state index < -0.39 is 18.8 Å². The van der Waals surface area contributed by atoms with Gasteiger partial charge in [0, 0.05) is 6.54 Å². The number of para-hydroxylation sites is 1. The normalized spacial score (nSPS) is 10.9. The van der Waals surface area contributed by atoms with Gasteiger partial charge in [-0.3, -0.25) is 0 Å². The number of amides is 2. The van der Waals surface area contributed by atoms with E-state index in [4.69, 9.17) is 4.74 Å². The predicted molar refractivity (Wildman–Crippen MR) is 64.2 cm³/mol. The van der Waals surface area contributed by atoms with Crippen LogP contribution in [-0.2, 0) is 6.42 Å². The number of benzene rings is 1. The first-order valence-corrected chi connectivity index (χ1v) is 5.63. The third kappa shape index (κ3) is 5.98. The standard InChI is InChI=1S/C12H15F3N2O2/c1-19-10-5-3-2-4-9(10)6-7-16-11(18)17-8-12(13,14)15/h2-5H,6-8H2,1H3,(H2,16,17,18). The molecule has 0 aliphatic rings. The minimum atomic E-state index is -4.40. The van der Waals surface area contributed by atoms with Crippen molar-refractivity contribution in [3.63, 3.8) is 0 Å². The van der Waals surface area contributed by atoms with Crippen molar-refractivity contribution in [2.75, 3.05) is 20.2 Å². The number of rotatable bonds is 5. The second-order valence-electron chi connectivity index (χ2n) is 3.79. The highest BCUT2D eigenvalue weighted by atomic mass is 19.4.